The Hall–Kier alpha value is -0.980. The zero-order chi connectivity index (χ0) is 16.2. The molecule has 21 heavy (non-hydrogen) atoms. The molecular formula is C13H18Cl2N2O3S. The summed E-state index contributed by atoms with van der Waals surface area (Å²) in [6, 6.07) is 4.61. The van der Waals surface area contributed by atoms with E-state index < -0.39 is 15.9 Å². The lowest BCUT2D eigenvalue weighted by atomic mass is 10.2. The van der Waals surface area contributed by atoms with Gasteiger partial charge in [-0.3, -0.25) is 9.10 Å². The number of amides is 1. The highest BCUT2D eigenvalue weighted by Crippen LogP contribution is 2.34. The van der Waals surface area contributed by atoms with E-state index in [1.165, 1.54) is 12.1 Å². The first-order chi connectivity index (χ1) is 9.66. The molecule has 0 aliphatic carbocycles. The van der Waals surface area contributed by atoms with Crippen LogP contribution in [0.15, 0.2) is 18.2 Å². The number of sulfonamides is 1. The van der Waals surface area contributed by atoms with Crippen molar-refractivity contribution in [2.24, 2.45) is 0 Å². The number of halogens is 2. The highest BCUT2D eigenvalue weighted by molar-refractivity contribution is 7.92. The maximum absolute atomic E-state index is 12.0. The molecule has 1 rings (SSSR count). The van der Waals surface area contributed by atoms with Gasteiger partial charge in [0.05, 0.1) is 22.0 Å². The van der Waals surface area contributed by atoms with Gasteiger partial charge in [-0.05, 0) is 25.5 Å². The topological polar surface area (TPSA) is 66.5 Å². The number of hydrogen-bond donors (Lipinski definition) is 1. The van der Waals surface area contributed by atoms with E-state index >= 15 is 0 Å². The molecule has 0 spiro atoms. The van der Waals surface area contributed by atoms with Crippen LogP contribution in [0.4, 0.5) is 5.69 Å². The summed E-state index contributed by atoms with van der Waals surface area (Å²) in [6.07, 6.45) is 1.75. The molecule has 0 aliphatic rings. The van der Waals surface area contributed by atoms with E-state index in [9.17, 15) is 13.2 Å². The van der Waals surface area contributed by atoms with E-state index in [0.29, 0.717) is 0 Å². The van der Waals surface area contributed by atoms with Crippen LogP contribution in [-0.2, 0) is 14.8 Å². The highest BCUT2D eigenvalue weighted by atomic mass is 35.5. The van der Waals surface area contributed by atoms with E-state index in [0.717, 1.165) is 17.0 Å². The largest absolute Gasteiger partial charge is 0.352 e. The molecule has 1 unspecified atom stereocenters. The van der Waals surface area contributed by atoms with Crippen molar-refractivity contribution >= 4 is 44.8 Å². The van der Waals surface area contributed by atoms with Crippen LogP contribution in [0.3, 0.4) is 0 Å². The van der Waals surface area contributed by atoms with Gasteiger partial charge in [-0.25, -0.2) is 8.42 Å². The molecule has 0 aliphatic heterocycles. The van der Waals surface area contributed by atoms with Gasteiger partial charge in [-0.2, -0.15) is 0 Å². The fourth-order valence-corrected chi connectivity index (χ4v) is 3.22. The second-order valence-corrected chi connectivity index (χ2v) is 7.44. The third kappa shape index (κ3) is 5.05. The van der Waals surface area contributed by atoms with Gasteiger partial charge in [0, 0.05) is 6.04 Å². The van der Waals surface area contributed by atoms with Crippen molar-refractivity contribution in [2.75, 3.05) is 17.1 Å². The lowest BCUT2D eigenvalue weighted by molar-refractivity contribution is -0.120. The SMILES string of the molecule is CCC(C)NC(=O)CN(c1c(Cl)cccc1Cl)S(C)(=O)=O. The molecule has 8 heteroatoms. The van der Waals surface area contributed by atoms with Crippen LogP contribution in [0.5, 0.6) is 0 Å². The summed E-state index contributed by atoms with van der Waals surface area (Å²) < 4.78 is 24.8. The van der Waals surface area contributed by atoms with Gasteiger partial charge >= 0.3 is 0 Å². The van der Waals surface area contributed by atoms with Crippen LogP contribution in [0.1, 0.15) is 20.3 Å². The molecule has 0 saturated heterocycles. The lowest BCUT2D eigenvalue weighted by Gasteiger charge is -2.24. The lowest BCUT2D eigenvalue weighted by Crippen LogP contribution is -2.43. The maximum atomic E-state index is 12.0. The molecule has 0 radical (unpaired) electrons. The summed E-state index contributed by atoms with van der Waals surface area (Å²) in [5.74, 6) is -0.411. The summed E-state index contributed by atoms with van der Waals surface area (Å²) >= 11 is 12.0. The van der Waals surface area contributed by atoms with Crippen molar-refractivity contribution in [3.8, 4) is 0 Å². The minimum atomic E-state index is -3.70. The molecule has 118 valence electrons. The van der Waals surface area contributed by atoms with Crippen LogP contribution in [-0.4, -0.2) is 33.2 Å². The first-order valence-electron chi connectivity index (χ1n) is 6.38. The predicted molar refractivity (Wildman–Crippen MR) is 86.5 cm³/mol. The Balaban J connectivity index is 3.12. The van der Waals surface area contributed by atoms with Crippen molar-refractivity contribution in [1.82, 2.24) is 5.32 Å². The highest BCUT2D eigenvalue weighted by Gasteiger charge is 2.25. The molecule has 0 saturated carbocycles. The molecule has 1 atom stereocenters. The maximum Gasteiger partial charge on any atom is 0.240 e. The van der Waals surface area contributed by atoms with Crippen LogP contribution < -0.4 is 9.62 Å². The standard InChI is InChI=1S/C13H18Cl2N2O3S/c1-4-9(2)16-12(18)8-17(21(3,19)20)13-10(14)6-5-7-11(13)15/h5-7,9H,4,8H2,1-3H3,(H,16,18). The number of benzene rings is 1. The summed E-state index contributed by atoms with van der Waals surface area (Å²) in [5.41, 5.74) is 0.114. The minimum absolute atomic E-state index is 0.0411. The fraction of sp³-hybridized carbons (Fsp3) is 0.462. The smallest absolute Gasteiger partial charge is 0.240 e. The fourth-order valence-electron chi connectivity index (χ4n) is 1.64. The average Bonchev–Trinajstić information content (AvgIpc) is 2.35. The van der Waals surface area contributed by atoms with Gasteiger partial charge < -0.3 is 5.32 Å². The van der Waals surface area contributed by atoms with E-state index in [1.54, 1.807) is 6.07 Å². The van der Waals surface area contributed by atoms with Gasteiger partial charge in [-0.1, -0.05) is 36.2 Å². The molecule has 0 heterocycles. The number of para-hydroxylation sites is 1. The number of rotatable bonds is 6. The number of carbonyl (C=O) groups excluding carboxylic acids is 1. The summed E-state index contributed by atoms with van der Waals surface area (Å²) in [6.45, 7) is 3.39. The van der Waals surface area contributed by atoms with E-state index in [4.69, 9.17) is 23.2 Å². The second-order valence-electron chi connectivity index (χ2n) is 4.72. The monoisotopic (exact) mass is 352 g/mol. The number of hydrogen-bond acceptors (Lipinski definition) is 3. The summed E-state index contributed by atoms with van der Waals surface area (Å²) in [5, 5.41) is 3.05. The Morgan fingerprint density at radius 3 is 2.29 bits per heavy atom. The Labute approximate surface area is 135 Å². The van der Waals surface area contributed by atoms with Crippen LogP contribution in [0.25, 0.3) is 0 Å². The molecule has 1 aromatic rings. The number of nitrogens with zero attached hydrogens (tertiary/aromatic N) is 1. The third-order valence-corrected chi connectivity index (χ3v) is 4.62. The van der Waals surface area contributed by atoms with E-state index in [2.05, 4.69) is 5.32 Å². The Morgan fingerprint density at radius 1 is 1.33 bits per heavy atom. The van der Waals surface area contributed by atoms with E-state index in [1.807, 2.05) is 13.8 Å². The van der Waals surface area contributed by atoms with Gasteiger partial charge in [-0.15, -0.1) is 0 Å². The van der Waals surface area contributed by atoms with Crippen molar-refractivity contribution in [3.63, 3.8) is 0 Å². The molecule has 0 bridgehead atoms. The number of anilines is 1. The Bertz CT molecular complexity index is 600. The number of carbonyl (C=O) groups is 1. The van der Waals surface area contributed by atoms with Crippen molar-refractivity contribution in [3.05, 3.63) is 28.2 Å². The molecule has 1 N–H and O–H groups in total. The quantitative estimate of drug-likeness (QED) is 0.855. The van der Waals surface area contributed by atoms with E-state index in [-0.39, 0.29) is 28.3 Å². The zero-order valence-corrected chi connectivity index (χ0v) is 14.4. The first-order valence-corrected chi connectivity index (χ1v) is 8.98. The van der Waals surface area contributed by atoms with Crippen LogP contribution >= 0.6 is 23.2 Å². The van der Waals surface area contributed by atoms with Crippen LogP contribution in [0.2, 0.25) is 10.0 Å². The van der Waals surface area contributed by atoms with Crippen LogP contribution in [0, 0.1) is 0 Å². The predicted octanol–water partition coefficient (Wildman–Crippen LogP) is 2.67. The van der Waals surface area contributed by atoms with Gasteiger partial charge in [0.1, 0.15) is 6.54 Å². The van der Waals surface area contributed by atoms with Crippen molar-refractivity contribution in [2.45, 2.75) is 26.3 Å². The summed E-state index contributed by atoms with van der Waals surface area (Å²) in [4.78, 5) is 12.0. The van der Waals surface area contributed by atoms with Crippen molar-refractivity contribution in [1.29, 1.82) is 0 Å². The number of nitrogens with one attached hydrogen (secondary N) is 1. The Kier molecular flexibility index (Phi) is 6.31. The molecule has 0 fully saturated rings. The van der Waals surface area contributed by atoms with Crippen molar-refractivity contribution < 1.29 is 13.2 Å². The van der Waals surface area contributed by atoms with Gasteiger partial charge in [0.25, 0.3) is 0 Å². The Morgan fingerprint density at radius 2 is 1.86 bits per heavy atom. The zero-order valence-electron chi connectivity index (χ0n) is 12.1. The minimum Gasteiger partial charge on any atom is -0.352 e. The first kappa shape index (κ1) is 18.1. The normalized spacial score (nSPS) is 12.8. The van der Waals surface area contributed by atoms with Gasteiger partial charge in [0.2, 0.25) is 15.9 Å². The molecule has 5 nitrogen and oxygen atoms in total. The van der Waals surface area contributed by atoms with Gasteiger partial charge in [0.15, 0.2) is 0 Å². The average molecular weight is 353 g/mol. The molecule has 1 amide bonds. The molecular weight excluding hydrogens is 335 g/mol. The molecule has 0 aromatic heterocycles. The third-order valence-electron chi connectivity index (χ3n) is 2.89. The molecule has 1 aromatic carbocycles. The summed E-state index contributed by atoms with van der Waals surface area (Å²) in [7, 11) is -3.70. The second kappa shape index (κ2) is 7.33.